The molecule has 1 aromatic heterocycles. The van der Waals surface area contributed by atoms with E-state index in [9.17, 15) is 12.8 Å². The maximum atomic E-state index is 13.0. The second-order valence-electron chi connectivity index (χ2n) is 3.41. The number of thiophene rings is 1. The molecule has 0 fully saturated rings. The molecule has 0 saturated carbocycles. The monoisotopic (exact) mass is 334 g/mol. The van der Waals surface area contributed by atoms with Crippen molar-refractivity contribution >= 4 is 37.1 Å². The highest BCUT2D eigenvalue weighted by atomic mass is 79.9. The molecule has 0 aliphatic rings. The van der Waals surface area contributed by atoms with Gasteiger partial charge in [0.1, 0.15) is 5.82 Å². The first-order chi connectivity index (χ1) is 7.99. The van der Waals surface area contributed by atoms with Gasteiger partial charge >= 0.3 is 0 Å². The van der Waals surface area contributed by atoms with Gasteiger partial charge in [-0.1, -0.05) is 6.07 Å². The predicted octanol–water partition coefficient (Wildman–Crippen LogP) is 3.62. The van der Waals surface area contributed by atoms with E-state index in [-0.39, 0.29) is 10.6 Å². The van der Waals surface area contributed by atoms with Crippen molar-refractivity contribution in [2.45, 2.75) is 10.6 Å². The maximum Gasteiger partial charge on any atom is 0.183 e. The van der Waals surface area contributed by atoms with Gasteiger partial charge < -0.3 is 0 Å². The van der Waals surface area contributed by atoms with Crippen molar-refractivity contribution < 1.29 is 12.8 Å². The first-order valence-electron chi connectivity index (χ1n) is 4.69. The molecule has 0 aliphatic heterocycles. The molecule has 17 heavy (non-hydrogen) atoms. The van der Waals surface area contributed by atoms with Gasteiger partial charge in [-0.2, -0.15) is 0 Å². The highest BCUT2D eigenvalue weighted by molar-refractivity contribution is 9.10. The van der Waals surface area contributed by atoms with Crippen molar-refractivity contribution in [2.75, 3.05) is 0 Å². The zero-order chi connectivity index (χ0) is 12.5. The van der Waals surface area contributed by atoms with Crippen LogP contribution in [0.2, 0.25) is 0 Å². The molecular formula is C11H8BrFO2S2. The second-order valence-corrected chi connectivity index (χ2v) is 7.25. The molecule has 0 saturated heterocycles. The zero-order valence-corrected chi connectivity index (χ0v) is 11.8. The zero-order valence-electron chi connectivity index (χ0n) is 8.56. The summed E-state index contributed by atoms with van der Waals surface area (Å²) < 4.78 is 37.8. The fraction of sp³-hybridized carbons (Fsp3) is 0.0909. The summed E-state index contributed by atoms with van der Waals surface area (Å²) in [5.74, 6) is -0.661. The summed E-state index contributed by atoms with van der Waals surface area (Å²) in [6.45, 7) is 0. The maximum absolute atomic E-state index is 13.0. The van der Waals surface area contributed by atoms with Gasteiger partial charge in [-0.25, -0.2) is 12.8 Å². The smallest absolute Gasteiger partial charge is 0.183 e. The lowest BCUT2D eigenvalue weighted by atomic mass is 10.4. The van der Waals surface area contributed by atoms with Gasteiger partial charge in [0, 0.05) is 9.35 Å². The van der Waals surface area contributed by atoms with E-state index >= 15 is 0 Å². The minimum absolute atomic E-state index is 0.0119. The highest BCUT2D eigenvalue weighted by Gasteiger charge is 2.18. The Morgan fingerprint density at radius 2 is 2.06 bits per heavy atom. The summed E-state index contributed by atoms with van der Waals surface area (Å²) in [5, 5.41) is 1.81. The first-order valence-corrected chi connectivity index (χ1v) is 8.02. The van der Waals surface area contributed by atoms with Crippen molar-refractivity contribution in [3.8, 4) is 0 Å². The minimum atomic E-state index is -3.49. The van der Waals surface area contributed by atoms with Crippen LogP contribution in [0.4, 0.5) is 4.39 Å². The molecule has 0 unspecified atom stereocenters. The molecular weight excluding hydrogens is 327 g/mol. The van der Waals surface area contributed by atoms with Crippen molar-refractivity contribution in [3.63, 3.8) is 0 Å². The van der Waals surface area contributed by atoms with E-state index in [4.69, 9.17) is 0 Å². The molecule has 0 aliphatic carbocycles. The second kappa shape index (κ2) is 4.88. The standard InChI is InChI=1S/C11H8BrFO2S2/c12-10-4-5-16-11(10)7-17(14,15)9-3-1-2-8(13)6-9/h1-6H,7H2. The van der Waals surface area contributed by atoms with Crippen LogP contribution in [0.1, 0.15) is 4.88 Å². The average molecular weight is 335 g/mol. The van der Waals surface area contributed by atoms with Gasteiger partial charge in [-0.15, -0.1) is 11.3 Å². The van der Waals surface area contributed by atoms with Crippen LogP contribution < -0.4 is 0 Å². The summed E-state index contributed by atoms with van der Waals surface area (Å²) in [4.78, 5) is 0.729. The highest BCUT2D eigenvalue weighted by Crippen LogP contribution is 2.27. The number of benzene rings is 1. The van der Waals surface area contributed by atoms with Crippen LogP contribution in [0.25, 0.3) is 0 Å². The molecule has 0 spiro atoms. The number of hydrogen-bond acceptors (Lipinski definition) is 3. The summed E-state index contributed by atoms with van der Waals surface area (Å²) in [7, 11) is -3.49. The Hall–Kier alpha value is -0.720. The fourth-order valence-electron chi connectivity index (χ4n) is 1.34. The Labute approximate surface area is 111 Å². The van der Waals surface area contributed by atoms with Crippen LogP contribution in [0.3, 0.4) is 0 Å². The van der Waals surface area contributed by atoms with Crippen molar-refractivity contribution in [1.82, 2.24) is 0 Å². The Bertz CT molecular complexity index is 634. The third-order valence-electron chi connectivity index (χ3n) is 2.17. The van der Waals surface area contributed by atoms with E-state index in [1.165, 1.54) is 29.5 Å². The minimum Gasteiger partial charge on any atom is -0.223 e. The molecule has 1 aromatic carbocycles. The van der Waals surface area contributed by atoms with Crippen molar-refractivity contribution in [3.05, 3.63) is 50.9 Å². The van der Waals surface area contributed by atoms with E-state index < -0.39 is 15.7 Å². The van der Waals surface area contributed by atoms with Crippen LogP contribution >= 0.6 is 27.3 Å². The SMILES string of the molecule is O=S(=O)(Cc1sccc1Br)c1cccc(F)c1. The van der Waals surface area contributed by atoms with Gasteiger partial charge in [0.05, 0.1) is 10.6 Å². The molecule has 0 atom stereocenters. The lowest BCUT2D eigenvalue weighted by Crippen LogP contribution is -2.04. The average Bonchev–Trinajstić information content (AvgIpc) is 2.64. The topological polar surface area (TPSA) is 34.1 Å². The number of rotatable bonds is 3. The number of halogens is 2. The molecule has 1 heterocycles. The Balaban J connectivity index is 2.35. The molecule has 2 rings (SSSR count). The van der Waals surface area contributed by atoms with E-state index in [0.717, 1.165) is 10.5 Å². The molecule has 2 nitrogen and oxygen atoms in total. The van der Waals surface area contributed by atoms with Crippen LogP contribution in [-0.2, 0) is 15.6 Å². The van der Waals surface area contributed by atoms with E-state index in [2.05, 4.69) is 15.9 Å². The molecule has 0 bridgehead atoms. The van der Waals surface area contributed by atoms with Crippen molar-refractivity contribution in [2.24, 2.45) is 0 Å². The van der Waals surface area contributed by atoms with Crippen LogP contribution in [-0.4, -0.2) is 8.42 Å². The number of sulfone groups is 1. The number of hydrogen-bond donors (Lipinski definition) is 0. The molecule has 2 aromatic rings. The van der Waals surface area contributed by atoms with Crippen LogP contribution in [0.5, 0.6) is 0 Å². The summed E-state index contributed by atoms with van der Waals surface area (Å²) in [5.41, 5.74) is 0. The first kappa shape index (κ1) is 12.7. The fourth-order valence-corrected chi connectivity index (χ4v) is 4.79. The van der Waals surface area contributed by atoms with Gasteiger partial charge in [-0.3, -0.25) is 0 Å². The molecule has 90 valence electrons. The van der Waals surface area contributed by atoms with Crippen LogP contribution in [0.15, 0.2) is 45.1 Å². The Kier molecular flexibility index (Phi) is 3.65. The van der Waals surface area contributed by atoms with Crippen LogP contribution in [0, 0.1) is 5.82 Å². The van der Waals surface area contributed by atoms with Gasteiger partial charge in [0.2, 0.25) is 0 Å². The van der Waals surface area contributed by atoms with E-state index in [1.54, 1.807) is 11.4 Å². The van der Waals surface area contributed by atoms with Gasteiger partial charge in [-0.05, 0) is 45.6 Å². The van der Waals surface area contributed by atoms with E-state index in [1.807, 2.05) is 0 Å². The lowest BCUT2D eigenvalue weighted by molar-refractivity contribution is 0.590. The van der Waals surface area contributed by atoms with Gasteiger partial charge in [0.25, 0.3) is 0 Å². The molecule has 0 radical (unpaired) electrons. The third kappa shape index (κ3) is 2.94. The largest absolute Gasteiger partial charge is 0.223 e. The van der Waals surface area contributed by atoms with E-state index in [0.29, 0.717) is 4.88 Å². The van der Waals surface area contributed by atoms with Gasteiger partial charge in [0.15, 0.2) is 9.84 Å². The lowest BCUT2D eigenvalue weighted by Gasteiger charge is -2.03. The summed E-state index contributed by atoms with van der Waals surface area (Å²) in [6.07, 6.45) is 0. The Morgan fingerprint density at radius 3 is 2.65 bits per heavy atom. The van der Waals surface area contributed by atoms with Crippen molar-refractivity contribution in [1.29, 1.82) is 0 Å². The Morgan fingerprint density at radius 1 is 1.29 bits per heavy atom. The summed E-state index contributed by atoms with van der Waals surface area (Å²) >= 11 is 4.63. The summed E-state index contributed by atoms with van der Waals surface area (Å²) in [6, 6.07) is 6.85. The predicted molar refractivity (Wildman–Crippen MR) is 69.3 cm³/mol. The third-order valence-corrected chi connectivity index (χ3v) is 5.92. The normalized spacial score (nSPS) is 11.6. The quantitative estimate of drug-likeness (QED) is 0.858. The molecule has 0 amide bonds. The molecule has 0 N–H and O–H groups in total. The molecule has 6 heteroatoms.